The van der Waals surface area contributed by atoms with Crippen molar-refractivity contribution in [3.63, 3.8) is 0 Å². The van der Waals surface area contributed by atoms with Crippen molar-refractivity contribution >= 4 is 39.5 Å². The van der Waals surface area contributed by atoms with Crippen molar-refractivity contribution in [3.05, 3.63) is 0 Å². The van der Waals surface area contributed by atoms with Crippen molar-refractivity contribution in [2.24, 2.45) is 0 Å². The summed E-state index contributed by atoms with van der Waals surface area (Å²) in [7, 11) is -9.88. The molecule has 3 N–H and O–H groups in total. The molecule has 0 bridgehead atoms. The van der Waals surface area contributed by atoms with E-state index in [1.807, 2.05) is 0 Å². The molecule has 0 aromatic heterocycles. The summed E-state index contributed by atoms with van der Waals surface area (Å²) < 4.78 is 68.0. The van der Waals surface area contributed by atoms with Crippen LogP contribution >= 0.6 is 15.6 Å². The number of hydrogen-bond donors (Lipinski definition) is 3. The molecule has 2 unspecified atom stereocenters. The van der Waals surface area contributed by atoms with Gasteiger partial charge in [-0.15, -0.1) is 0 Å². The molecule has 0 saturated heterocycles. The quantitative estimate of drug-likeness (QED) is 0.0222. The second-order valence-electron chi connectivity index (χ2n) is 24.9. The first-order valence-electron chi connectivity index (χ1n) is 36.3. The van der Waals surface area contributed by atoms with E-state index < -0.39 is 97.5 Å². The average molecular weight is 1300 g/mol. The molecule has 0 amide bonds. The number of carbonyl (C=O) groups is 4. The summed E-state index contributed by atoms with van der Waals surface area (Å²) >= 11 is 0. The highest BCUT2D eigenvalue weighted by atomic mass is 31.2. The highest BCUT2D eigenvalue weighted by Gasteiger charge is 2.30. The maximum atomic E-state index is 13.0. The van der Waals surface area contributed by atoms with Gasteiger partial charge in [-0.2, -0.15) is 0 Å². The fourth-order valence-electron chi connectivity index (χ4n) is 10.5. The third-order valence-electron chi connectivity index (χ3n) is 16.1. The van der Waals surface area contributed by atoms with Gasteiger partial charge in [0.05, 0.1) is 26.4 Å². The summed E-state index contributed by atoms with van der Waals surface area (Å²) in [4.78, 5) is 72.1. The van der Waals surface area contributed by atoms with E-state index in [0.717, 1.165) is 96.3 Å². The van der Waals surface area contributed by atoms with Gasteiger partial charge in [0.15, 0.2) is 12.2 Å². The fraction of sp³-hybridized carbons (Fsp3) is 0.942. The number of ether oxygens (including phenoxy) is 4. The molecule has 0 aliphatic heterocycles. The Kier molecular flexibility index (Phi) is 62.4. The molecule has 0 aromatic carbocycles. The van der Waals surface area contributed by atoms with Gasteiger partial charge in [0, 0.05) is 25.7 Å². The maximum Gasteiger partial charge on any atom is 0.472 e. The van der Waals surface area contributed by atoms with E-state index in [1.54, 1.807) is 0 Å². The minimum atomic E-state index is -4.95. The van der Waals surface area contributed by atoms with Crippen molar-refractivity contribution in [3.8, 4) is 0 Å². The van der Waals surface area contributed by atoms with E-state index >= 15 is 0 Å². The molecule has 17 nitrogen and oxygen atoms in total. The van der Waals surface area contributed by atoms with Gasteiger partial charge in [-0.25, -0.2) is 9.13 Å². The molecule has 5 atom stereocenters. The summed E-state index contributed by atoms with van der Waals surface area (Å²) in [6.45, 7) is 4.83. The zero-order chi connectivity index (χ0) is 64.7. The summed E-state index contributed by atoms with van der Waals surface area (Å²) in [6.07, 6.45) is 51.8. The molecule has 0 aliphatic carbocycles. The fourth-order valence-corrected chi connectivity index (χ4v) is 12.1. The van der Waals surface area contributed by atoms with E-state index in [2.05, 4.69) is 27.7 Å². The number of carbonyl (C=O) groups excluding carboxylic acids is 4. The predicted molar refractivity (Wildman–Crippen MR) is 354 cm³/mol. The zero-order valence-electron chi connectivity index (χ0n) is 56.7. The van der Waals surface area contributed by atoms with E-state index in [9.17, 15) is 43.2 Å². The van der Waals surface area contributed by atoms with Crippen LogP contribution in [0.5, 0.6) is 0 Å². The molecule has 0 heterocycles. The zero-order valence-corrected chi connectivity index (χ0v) is 58.5. The normalized spacial score (nSPS) is 14.0. The van der Waals surface area contributed by atoms with Gasteiger partial charge in [-0.05, 0) is 25.7 Å². The Morgan fingerprint density at radius 2 is 0.455 bits per heavy atom. The van der Waals surface area contributed by atoms with E-state index in [0.29, 0.717) is 25.7 Å². The topological polar surface area (TPSA) is 237 Å². The van der Waals surface area contributed by atoms with Gasteiger partial charge in [0.25, 0.3) is 0 Å². The van der Waals surface area contributed by atoms with Crippen molar-refractivity contribution < 1.29 is 80.2 Å². The lowest BCUT2D eigenvalue weighted by Gasteiger charge is -2.21. The van der Waals surface area contributed by atoms with Crippen molar-refractivity contribution in [2.75, 3.05) is 39.6 Å². The molecule has 0 rings (SSSR count). The van der Waals surface area contributed by atoms with Crippen LogP contribution < -0.4 is 0 Å². The van der Waals surface area contributed by atoms with Crippen LogP contribution in [0.25, 0.3) is 0 Å². The molecule has 0 fully saturated rings. The highest BCUT2D eigenvalue weighted by molar-refractivity contribution is 7.47. The third kappa shape index (κ3) is 62.8. The van der Waals surface area contributed by atoms with Crippen LogP contribution in [0.4, 0.5) is 0 Å². The number of aliphatic hydroxyl groups excluding tert-OH is 1. The molecule has 0 saturated carbocycles. The number of unbranched alkanes of at least 4 members (excludes halogenated alkanes) is 44. The third-order valence-corrected chi connectivity index (χ3v) is 18.0. The van der Waals surface area contributed by atoms with Gasteiger partial charge in [-0.1, -0.05) is 310 Å². The Balaban J connectivity index is 5.11. The Morgan fingerprint density at radius 1 is 0.273 bits per heavy atom. The molecule has 0 aliphatic rings. The van der Waals surface area contributed by atoms with E-state index in [4.69, 9.17) is 37.0 Å². The number of esters is 4. The highest BCUT2D eigenvalue weighted by Crippen LogP contribution is 2.45. The van der Waals surface area contributed by atoms with Crippen molar-refractivity contribution in [2.45, 2.75) is 380 Å². The second-order valence-corrected chi connectivity index (χ2v) is 27.8. The van der Waals surface area contributed by atoms with E-state index in [-0.39, 0.29) is 25.7 Å². The first kappa shape index (κ1) is 86.1. The van der Waals surface area contributed by atoms with Gasteiger partial charge in [0.2, 0.25) is 0 Å². The standard InChI is InChI=1S/C69H134O17P2/c1-5-9-13-17-20-23-25-27-29-30-31-32-33-34-36-38-41-44-48-52-56-69(74)86-65(60-80-67(72)54-50-46-42-40-37-35-28-26-24-21-18-14-10-6-2)62-84-88(77,78)82-58-63(70)57-81-87(75,76)83-61-64(59-79-66(71)53-49-45-16-12-8-4)85-68(73)55-51-47-43-39-22-19-15-11-7-3/h63-65,70H,5-62H2,1-4H3,(H,75,76)(H,77,78)/t63-,64+,65+/m0/s1. The number of rotatable bonds is 70. The summed E-state index contributed by atoms with van der Waals surface area (Å²) in [5.41, 5.74) is 0. The minimum Gasteiger partial charge on any atom is -0.462 e. The summed E-state index contributed by atoms with van der Waals surface area (Å²) in [5, 5.41) is 10.5. The Morgan fingerprint density at radius 3 is 0.670 bits per heavy atom. The predicted octanol–water partition coefficient (Wildman–Crippen LogP) is 19.9. The van der Waals surface area contributed by atoms with Crippen LogP contribution in [-0.4, -0.2) is 96.7 Å². The molecule has 0 spiro atoms. The number of phosphoric acid groups is 2. The first-order chi connectivity index (χ1) is 42.7. The molecule has 88 heavy (non-hydrogen) atoms. The van der Waals surface area contributed by atoms with Crippen LogP contribution in [-0.2, 0) is 65.4 Å². The Labute approximate surface area is 537 Å². The Bertz CT molecular complexity index is 1690. The maximum absolute atomic E-state index is 13.0. The largest absolute Gasteiger partial charge is 0.472 e. The van der Waals surface area contributed by atoms with Crippen molar-refractivity contribution in [1.29, 1.82) is 0 Å². The molecular weight excluding hydrogens is 1160 g/mol. The molecule has 19 heteroatoms. The number of phosphoric ester groups is 2. The van der Waals surface area contributed by atoms with Crippen molar-refractivity contribution in [1.82, 2.24) is 0 Å². The lowest BCUT2D eigenvalue weighted by atomic mass is 10.0. The molecular formula is C69H134O17P2. The lowest BCUT2D eigenvalue weighted by Crippen LogP contribution is -2.30. The second kappa shape index (κ2) is 63.8. The van der Waals surface area contributed by atoms with Crippen LogP contribution in [0.3, 0.4) is 0 Å². The van der Waals surface area contributed by atoms with Crippen LogP contribution in [0.1, 0.15) is 362 Å². The Hall–Kier alpha value is -1.94. The monoisotopic (exact) mass is 1300 g/mol. The summed E-state index contributed by atoms with van der Waals surface area (Å²) in [5.74, 6) is -2.14. The summed E-state index contributed by atoms with van der Waals surface area (Å²) in [6, 6.07) is 0. The van der Waals surface area contributed by atoms with Crippen LogP contribution in [0, 0.1) is 0 Å². The lowest BCUT2D eigenvalue weighted by molar-refractivity contribution is -0.161. The van der Waals surface area contributed by atoms with Gasteiger partial charge in [0.1, 0.15) is 19.3 Å². The SMILES string of the molecule is CCCCCCCCCCCCCCCCCCCCCCC(=O)O[C@H](COC(=O)CCCCCCCCCCCCCCCC)COP(=O)(O)OC[C@@H](O)COP(=O)(O)OC[C@@H](COC(=O)CCCCCCC)OC(=O)CCCCCCCCCCC. The number of aliphatic hydroxyl groups is 1. The molecule has 522 valence electrons. The number of hydrogen-bond acceptors (Lipinski definition) is 15. The molecule has 0 radical (unpaired) electrons. The first-order valence-corrected chi connectivity index (χ1v) is 39.3. The smallest absolute Gasteiger partial charge is 0.462 e. The van der Waals surface area contributed by atoms with Gasteiger partial charge in [-0.3, -0.25) is 37.3 Å². The average Bonchev–Trinajstić information content (AvgIpc) is 3.66. The van der Waals surface area contributed by atoms with Crippen LogP contribution in [0.2, 0.25) is 0 Å². The van der Waals surface area contributed by atoms with Gasteiger partial charge < -0.3 is 33.8 Å². The minimum absolute atomic E-state index is 0.105. The van der Waals surface area contributed by atoms with Crippen LogP contribution in [0.15, 0.2) is 0 Å². The molecule has 0 aromatic rings. The van der Waals surface area contributed by atoms with Gasteiger partial charge >= 0.3 is 39.5 Å². The van der Waals surface area contributed by atoms with E-state index in [1.165, 1.54) is 186 Å².